The lowest BCUT2D eigenvalue weighted by molar-refractivity contribution is 0.616. The molecule has 0 heterocycles. The first kappa shape index (κ1) is 8.16. The third-order valence-corrected chi connectivity index (χ3v) is 2.52. The second kappa shape index (κ2) is 2.98. The fraction of sp³-hybridized carbons (Fsp3) is 0.500. The molecule has 0 saturated carbocycles. The van der Waals surface area contributed by atoms with Crippen molar-refractivity contribution in [2.24, 2.45) is 0 Å². The van der Waals surface area contributed by atoms with E-state index in [1.807, 2.05) is 6.08 Å². The van der Waals surface area contributed by atoms with Crippen LogP contribution < -0.4 is 0 Å². The summed E-state index contributed by atoms with van der Waals surface area (Å²) in [7, 11) is 0. The first-order valence-electron chi connectivity index (χ1n) is 3.33. The van der Waals surface area contributed by atoms with Gasteiger partial charge in [-0.05, 0) is 12.8 Å². The van der Waals surface area contributed by atoms with E-state index in [2.05, 4.69) is 6.58 Å². The summed E-state index contributed by atoms with van der Waals surface area (Å²) in [6, 6.07) is 0. The van der Waals surface area contributed by atoms with Crippen LogP contribution in [0.4, 0.5) is 0 Å². The molecular weight excluding hydrogens is 167 g/mol. The normalized spacial score (nSPS) is 33.2. The highest BCUT2D eigenvalue weighted by atomic mass is 35.5. The molecule has 0 nitrogen and oxygen atoms in total. The largest absolute Gasteiger partial charge is 0.114 e. The Hall–Kier alpha value is 0.0600. The Balaban J connectivity index is 2.68. The van der Waals surface area contributed by atoms with Crippen molar-refractivity contribution in [3.63, 3.8) is 0 Å². The lowest BCUT2D eigenvalue weighted by Crippen LogP contribution is -2.20. The smallest absolute Gasteiger partial charge is 0.0675 e. The van der Waals surface area contributed by atoms with E-state index in [1.165, 1.54) is 0 Å². The molecular formula is C8H10Cl2. The van der Waals surface area contributed by atoms with Crippen molar-refractivity contribution in [1.82, 2.24) is 0 Å². The molecule has 0 bridgehead atoms. The molecule has 0 aromatic heterocycles. The molecule has 0 saturated heterocycles. The van der Waals surface area contributed by atoms with Gasteiger partial charge in [0.15, 0.2) is 0 Å². The molecule has 1 aliphatic rings. The fourth-order valence-corrected chi connectivity index (χ4v) is 1.75. The van der Waals surface area contributed by atoms with E-state index >= 15 is 0 Å². The number of halogens is 2. The van der Waals surface area contributed by atoms with Crippen molar-refractivity contribution in [2.45, 2.75) is 24.1 Å². The SMILES string of the molecule is C=CC1(Cl)CCC=C(Cl)C1. The van der Waals surface area contributed by atoms with Crippen molar-refractivity contribution in [1.29, 1.82) is 0 Å². The molecule has 0 radical (unpaired) electrons. The van der Waals surface area contributed by atoms with Crippen LogP contribution >= 0.6 is 23.2 Å². The van der Waals surface area contributed by atoms with Gasteiger partial charge in [-0.1, -0.05) is 23.8 Å². The second-order valence-corrected chi connectivity index (χ2v) is 3.84. The fourth-order valence-electron chi connectivity index (χ4n) is 1.08. The predicted molar refractivity (Wildman–Crippen MR) is 46.6 cm³/mol. The number of rotatable bonds is 1. The lowest BCUT2D eigenvalue weighted by atomic mass is 9.93. The molecule has 1 rings (SSSR count). The maximum atomic E-state index is 6.11. The first-order valence-corrected chi connectivity index (χ1v) is 4.09. The van der Waals surface area contributed by atoms with Crippen molar-refractivity contribution < 1.29 is 0 Å². The monoisotopic (exact) mass is 176 g/mol. The Morgan fingerprint density at radius 2 is 2.40 bits per heavy atom. The van der Waals surface area contributed by atoms with Crippen LogP contribution in [0.3, 0.4) is 0 Å². The molecule has 1 unspecified atom stereocenters. The molecule has 0 aliphatic heterocycles. The van der Waals surface area contributed by atoms with Gasteiger partial charge in [0.1, 0.15) is 0 Å². The quantitative estimate of drug-likeness (QED) is 0.425. The highest BCUT2D eigenvalue weighted by Crippen LogP contribution is 2.36. The van der Waals surface area contributed by atoms with Crippen LogP contribution in [0.5, 0.6) is 0 Å². The Bertz CT molecular complexity index is 172. The molecule has 2 heteroatoms. The number of hydrogen-bond acceptors (Lipinski definition) is 0. The van der Waals surface area contributed by atoms with Crippen LogP contribution in [0.15, 0.2) is 23.8 Å². The lowest BCUT2D eigenvalue weighted by Gasteiger charge is -2.25. The summed E-state index contributed by atoms with van der Waals surface area (Å²) in [5.74, 6) is 0. The zero-order valence-corrected chi connectivity index (χ0v) is 7.25. The van der Waals surface area contributed by atoms with E-state index < -0.39 is 0 Å². The van der Waals surface area contributed by atoms with Crippen LogP contribution in [-0.4, -0.2) is 4.87 Å². The van der Waals surface area contributed by atoms with Gasteiger partial charge in [0, 0.05) is 11.5 Å². The summed E-state index contributed by atoms with van der Waals surface area (Å²) in [6.07, 6.45) is 6.46. The number of hydrogen-bond donors (Lipinski definition) is 0. The third kappa shape index (κ3) is 1.77. The van der Waals surface area contributed by atoms with Gasteiger partial charge < -0.3 is 0 Å². The van der Waals surface area contributed by atoms with Crippen LogP contribution in [-0.2, 0) is 0 Å². The molecule has 0 amide bonds. The van der Waals surface area contributed by atoms with E-state index in [9.17, 15) is 0 Å². The summed E-state index contributed by atoms with van der Waals surface area (Å²) in [5.41, 5.74) is 0. The van der Waals surface area contributed by atoms with Gasteiger partial charge in [-0.25, -0.2) is 0 Å². The topological polar surface area (TPSA) is 0 Å². The summed E-state index contributed by atoms with van der Waals surface area (Å²) >= 11 is 11.9. The van der Waals surface area contributed by atoms with E-state index in [4.69, 9.17) is 23.2 Å². The van der Waals surface area contributed by atoms with Crippen LogP contribution in [0.2, 0.25) is 0 Å². The van der Waals surface area contributed by atoms with Crippen LogP contribution in [0.25, 0.3) is 0 Å². The molecule has 0 spiro atoms. The van der Waals surface area contributed by atoms with Gasteiger partial charge in [-0.2, -0.15) is 0 Å². The molecule has 1 aliphatic carbocycles. The average molecular weight is 177 g/mol. The minimum atomic E-state index is -0.272. The summed E-state index contributed by atoms with van der Waals surface area (Å²) in [5, 5.41) is 0.862. The Morgan fingerprint density at radius 1 is 1.70 bits per heavy atom. The van der Waals surface area contributed by atoms with Gasteiger partial charge in [0.25, 0.3) is 0 Å². The van der Waals surface area contributed by atoms with E-state index in [-0.39, 0.29) is 4.87 Å². The molecule has 0 aromatic carbocycles. The third-order valence-electron chi connectivity index (χ3n) is 1.75. The molecule has 1 atom stereocenters. The van der Waals surface area contributed by atoms with Crippen molar-refractivity contribution in [3.8, 4) is 0 Å². The Morgan fingerprint density at radius 3 is 2.80 bits per heavy atom. The molecule has 0 aromatic rings. The summed E-state index contributed by atoms with van der Waals surface area (Å²) in [6.45, 7) is 3.67. The maximum Gasteiger partial charge on any atom is 0.0675 e. The molecule has 0 N–H and O–H groups in total. The number of allylic oxidation sites excluding steroid dienone is 3. The zero-order chi connectivity index (χ0) is 7.61. The minimum Gasteiger partial charge on any atom is -0.114 e. The van der Waals surface area contributed by atoms with Crippen LogP contribution in [0.1, 0.15) is 19.3 Å². The van der Waals surface area contributed by atoms with E-state index in [0.717, 1.165) is 24.3 Å². The molecule has 0 fully saturated rings. The second-order valence-electron chi connectivity index (χ2n) is 2.61. The van der Waals surface area contributed by atoms with Gasteiger partial charge in [-0.3, -0.25) is 0 Å². The standard InChI is InChI=1S/C8H10Cl2/c1-2-8(10)5-3-4-7(9)6-8/h2,4H,1,3,5-6H2. The average Bonchev–Trinajstić information content (AvgIpc) is 1.88. The van der Waals surface area contributed by atoms with E-state index in [0.29, 0.717) is 0 Å². The van der Waals surface area contributed by atoms with E-state index in [1.54, 1.807) is 6.08 Å². The van der Waals surface area contributed by atoms with Crippen molar-refractivity contribution in [3.05, 3.63) is 23.8 Å². The van der Waals surface area contributed by atoms with Gasteiger partial charge >= 0.3 is 0 Å². The van der Waals surface area contributed by atoms with Crippen molar-refractivity contribution >= 4 is 23.2 Å². The van der Waals surface area contributed by atoms with Gasteiger partial charge in [0.2, 0.25) is 0 Å². The molecule has 56 valence electrons. The predicted octanol–water partition coefficient (Wildman–Crippen LogP) is 3.46. The summed E-state index contributed by atoms with van der Waals surface area (Å²) < 4.78 is 0. The minimum absolute atomic E-state index is 0.272. The van der Waals surface area contributed by atoms with Crippen LogP contribution in [0, 0.1) is 0 Å². The van der Waals surface area contributed by atoms with Gasteiger partial charge in [-0.15, -0.1) is 18.2 Å². The highest BCUT2D eigenvalue weighted by Gasteiger charge is 2.26. The van der Waals surface area contributed by atoms with Crippen molar-refractivity contribution in [2.75, 3.05) is 0 Å². The first-order chi connectivity index (χ1) is 4.66. The van der Waals surface area contributed by atoms with Gasteiger partial charge in [0.05, 0.1) is 4.87 Å². The maximum absolute atomic E-state index is 6.11. The Kier molecular flexibility index (Phi) is 2.43. The number of alkyl halides is 1. The zero-order valence-electron chi connectivity index (χ0n) is 5.74. The Labute approximate surface area is 71.5 Å². The highest BCUT2D eigenvalue weighted by molar-refractivity contribution is 6.32. The summed E-state index contributed by atoms with van der Waals surface area (Å²) in [4.78, 5) is -0.272. The molecule has 10 heavy (non-hydrogen) atoms.